The summed E-state index contributed by atoms with van der Waals surface area (Å²) in [6, 6.07) is 6.38. The van der Waals surface area contributed by atoms with Crippen molar-refractivity contribution in [2.75, 3.05) is 13.1 Å². The Labute approximate surface area is 133 Å². The SMILES string of the molecule is O=C(N1CCC(C(O)(O)c2ccc(Br)cc2)CC1)C(F)(F)F. The molecule has 1 aliphatic rings. The Bertz CT molecular complexity index is 537. The average molecular weight is 382 g/mol. The second kappa shape index (κ2) is 6.17. The van der Waals surface area contributed by atoms with Crippen molar-refractivity contribution in [2.24, 2.45) is 5.92 Å². The van der Waals surface area contributed by atoms with E-state index < -0.39 is 23.8 Å². The molecular weight excluding hydrogens is 367 g/mol. The van der Waals surface area contributed by atoms with E-state index in [1.165, 1.54) is 12.1 Å². The number of carbonyl (C=O) groups is 1. The summed E-state index contributed by atoms with van der Waals surface area (Å²) in [6.07, 6.45) is -4.72. The van der Waals surface area contributed by atoms with Gasteiger partial charge in [-0.05, 0) is 25.0 Å². The molecule has 0 bridgehead atoms. The van der Waals surface area contributed by atoms with Crippen molar-refractivity contribution in [3.05, 3.63) is 34.3 Å². The first-order valence-electron chi connectivity index (χ1n) is 6.69. The van der Waals surface area contributed by atoms with Gasteiger partial charge in [-0.3, -0.25) is 4.79 Å². The number of hydrogen-bond donors (Lipinski definition) is 2. The molecule has 0 saturated carbocycles. The van der Waals surface area contributed by atoms with Gasteiger partial charge in [0.15, 0.2) is 5.79 Å². The summed E-state index contributed by atoms with van der Waals surface area (Å²) in [7, 11) is 0. The average Bonchev–Trinajstić information content (AvgIpc) is 2.46. The number of carbonyl (C=O) groups excluding carboxylic acids is 1. The van der Waals surface area contributed by atoms with Crippen molar-refractivity contribution in [3.8, 4) is 0 Å². The third-order valence-electron chi connectivity index (χ3n) is 3.86. The van der Waals surface area contributed by atoms with Crippen LogP contribution in [0.3, 0.4) is 0 Å². The molecule has 0 unspecified atom stereocenters. The summed E-state index contributed by atoms with van der Waals surface area (Å²) in [6.45, 7) is -0.301. The lowest BCUT2D eigenvalue weighted by atomic mass is 9.84. The molecule has 1 aromatic carbocycles. The molecule has 2 rings (SSSR count). The number of hydrogen-bond acceptors (Lipinski definition) is 3. The van der Waals surface area contributed by atoms with Gasteiger partial charge in [0.05, 0.1) is 0 Å². The van der Waals surface area contributed by atoms with Gasteiger partial charge >= 0.3 is 12.1 Å². The molecule has 22 heavy (non-hydrogen) atoms. The summed E-state index contributed by atoms with van der Waals surface area (Å²) in [5.41, 5.74) is 0.274. The highest BCUT2D eigenvalue weighted by Crippen LogP contribution is 2.35. The molecule has 4 nitrogen and oxygen atoms in total. The van der Waals surface area contributed by atoms with Gasteiger partial charge in [0.25, 0.3) is 0 Å². The predicted octanol–water partition coefficient (Wildman–Crippen LogP) is 2.39. The molecule has 8 heteroatoms. The molecule has 0 atom stereocenters. The number of amides is 1. The van der Waals surface area contributed by atoms with E-state index in [0.717, 1.165) is 4.47 Å². The second-order valence-electron chi connectivity index (χ2n) is 5.30. The molecule has 1 amide bonds. The predicted molar refractivity (Wildman–Crippen MR) is 75.6 cm³/mol. The number of aliphatic hydroxyl groups is 2. The van der Waals surface area contributed by atoms with E-state index in [9.17, 15) is 28.2 Å². The Morgan fingerprint density at radius 2 is 1.64 bits per heavy atom. The standard InChI is InChI=1S/C14H15BrF3NO3/c15-11-3-1-9(2-4-11)13(21,22)10-5-7-19(8-6-10)12(20)14(16,17)18/h1-4,10,21-22H,5-8H2. The van der Waals surface area contributed by atoms with Crippen molar-refractivity contribution in [1.29, 1.82) is 0 Å². The lowest BCUT2D eigenvalue weighted by Crippen LogP contribution is -2.49. The summed E-state index contributed by atoms with van der Waals surface area (Å²) in [5.74, 6) is -4.64. The van der Waals surface area contributed by atoms with E-state index in [2.05, 4.69) is 15.9 Å². The smallest absolute Gasteiger partial charge is 0.362 e. The maximum absolute atomic E-state index is 12.4. The fraction of sp³-hybridized carbons (Fsp3) is 0.500. The maximum atomic E-state index is 12.4. The Kier molecular flexibility index (Phi) is 4.84. The third-order valence-corrected chi connectivity index (χ3v) is 4.39. The highest BCUT2D eigenvalue weighted by Gasteiger charge is 2.45. The second-order valence-corrected chi connectivity index (χ2v) is 6.21. The largest absolute Gasteiger partial charge is 0.471 e. The summed E-state index contributed by atoms with van der Waals surface area (Å²) in [4.78, 5) is 11.9. The summed E-state index contributed by atoms with van der Waals surface area (Å²) in [5, 5.41) is 20.6. The van der Waals surface area contributed by atoms with E-state index in [-0.39, 0.29) is 31.5 Å². The van der Waals surface area contributed by atoms with E-state index in [1.54, 1.807) is 12.1 Å². The summed E-state index contributed by atoms with van der Waals surface area (Å²) >= 11 is 3.24. The first-order chi connectivity index (χ1) is 10.1. The van der Waals surface area contributed by atoms with Gasteiger partial charge in [-0.25, -0.2) is 0 Å². The Morgan fingerprint density at radius 1 is 1.14 bits per heavy atom. The number of piperidine rings is 1. The van der Waals surface area contributed by atoms with Crippen LogP contribution in [0, 0.1) is 5.92 Å². The van der Waals surface area contributed by atoms with E-state index in [1.807, 2.05) is 0 Å². The van der Waals surface area contributed by atoms with Gasteiger partial charge in [-0.1, -0.05) is 28.1 Å². The fourth-order valence-corrected chi connectivity index (χ4v) is 2.86. The molecular formula is C14H15BrF3NO3. The van der Waals surface area contributed by atoms with Crippen LogP contribution >= 0.6 is 15.9 Å². The molecule has 1 saturated heterocycles. The lowest BCUT2D eigenvalue weighted by Gasteiger charge is -2.38. The minimum Gasteiger partial charge on any atom is -0.362 e. The third kappa shape index (κ3) is 3.61. The molecule has 0 radical (unpaired) electrons. The van der Waals surface area contributed by atoms with Crippen molar-refractivity contribution in [3.63, 3.8) is 0 Å². The molecule has 0 spiro atoms. The van der Waals surface area contributed by atoms with Gasteiger partial charge < -0.3 is 15.1 Å². The first-order valence-corrected chi connectivity index (χ1v) is 7.48. The number of rotatable bonds is 2. The van der Waals surface area contributed by atoms with Crippen molar-refractivity contribution in [2.45, 2.75) is 24.8 Å². The van der Waals surface area contributed by atoms with E-state index >= 15 is 0 Å². The minimum atomic E-state index is -4.89. The Hall–Kier alpha value is -1.12. The monoisotopic (exact) mass is 381 g/mol. The fourth-order valence-electron chi connectivity index (χ4n) is 2.60. The molecule has 0 aromatic heterocycles. The minimum absolute atomic E-state index is 0.0882. The molecule has 1 fully saturated rings. The normalized spacial score (nSPS) is 17.6. The van der Waals surface area contributed by atoms with Crippen LogP contribution in [0.15, 0.2) is 28.7 Å². The maximum Gasteiger partial charge on any atom is 0.471 e. The Balaban J connectivity index is 2.04. The zero-order chi connectivity index (χ0) is 16.5. The molecule has 2 N–H and O–H groups in total. The van der Waals surface area contributed by atoms with Gasteiger partial charge in [-0.2, -0.15) is 13.2 Å². The van der Waals surface area contributed by atoms with Gasteiger partial charge in [0.2, 0.25) is 0 Å². The van der Waals surface area contributed by atoms with Crippen LogP contribution in [0.5, 0.6) is 0 Å². The molecule has 1 aliphatic heterocycles. The summed E-state index contributed by atoms with van der Waals surface area (Å²) < 4.78 is 37.9. The number of alkyl halides is 3. The number of likely N-dealkylation sites (tertiary alicyclic amines) is 1. The topological polar surface area (TPSA) is 60.8 Å². The highest BCUT2D eigenvalue weighted by atomic mass is 79.9. The van der Waals surface area contributed by atoms with E-state index in [4.69, 9.17) is 0 Å². The van der Waals surface area contributed by atoms with Crippen molar-refractivity contribution >= 4 is 21.8 Å². The van der Waals surface area contributed by atoms with Crippen LogP contribution in [0.2, 0.25) is 0 Å². The Morgan fingerprint density at radius 3 is 2.09 bits per heavy atom. The van der Waals surface area contributed by atoms with Crippen molar-refractivity contribution in [1.82, 2.24) is 4.90 Å². The highest BCUT2D eigenvalue weighted by molar-refractivity contribution is 9.10. The van der Waals surface area contributed by atoms with E-state index in [0.29, 0.717) is 4.90 Å². The molecule has 0 aliphatic carbocycles. The van der Waals surface area contributed by atoms with Crippen molar-refractivity contribution < 1.29 is 28.2 Å². The molecule has 1 aromatic rings. The van der Waals surface area contributed by atoms with Crippen LogP contribution in [-0.4, -0.2) is 40.3 Å². The van der Waals surface area contributed by atoms with Crippen LogP contribution in [0.1, 0.15) is 18.4 Å². The quantitative estimate of drug-likeness (QED) is 0.773. The van der Waals surface area contributed by atoms with Crippen LogP contribution in [0.4, 0.5) is 13.2 Å². The zero-order valence-electron chi connectivity index (χ0n) is 11.5. The zero-order valence-corrected chi connectivity index (χ0v) is 13.1. The number of halogens is 4. The number of nitrogens with zero attached hydrogens (tertiary/aromatic N) is 1. The first kappa shape index (κ1) is 17.2. The number of benzene rings is 1. The van der Waals surface area contributed by atoms with Crippen LogP contribution in [0.25, 0.3) is 0 Å². The van der Waals surface area contributed by atoms with Crippen LogP contribution < -0.4 is 0 Å². The lowest BCUT2D eigenvalue weighted by molar-refractivity contribution is -0.222. The van der Waals surface area contributed by atoms with Gasteiger partial charge in [0, 0.05) is 29.0 Å². The van der Waals surface area contributed by atoms with Gasteiger partial charge in [-0.15, -0.1) is 0 Å². The van der Waals surface area contributed by atoms with Gasteiger partial charge in [0.1, 0.15) is 0 Å². The molecule has 1 heterocycles. The molecule has 122 valence electrons. The van der Waals surface area contributed by atoms with Crippen LogP contribution in [-0.2, 0) is 10.6 Å².